The molecule has 0 spiro atoms. The summed E-state index contributed by atoms with van der Waals surface area (Å²) in [5.41, 5.74) is 0. The number of carbonyl (C=O) groups is 2. The summed E-state index contributed by atoms with van der Waals surface area (Å²) < 4.78 is 32.4. The lowest BCUT2D eigenvalue weighted by Crippen LogP contribution is -2.30. The molecule has 13 heteroatoms. The van der Waals surface area contributed by atoms with Crippen LogP contribution in [0.4, 0.5) is 0 Å². The molecule has 54 heavy (non-hydrogen) atoms. The van der Waals surface area contributed by atoms with Crippen LogP contribution in [0.15, 0.2) is 48.6 Å². The third kappa shape index (κ3) is 34.3. The molecule has 0 aliphatic heterocycles. The maximum atomic E-state index is 12.6. The molecular weight excluding hydrogens is 715 g/mol. The SMILES string of the molecule is CCCCC[C@@H](O)/C=C/C=C\C/C=C\C=C\[C@@H](O)CCCC(=O)O[C@H](COC(=O)CCCCCCCCCCC(C)CC)COP(=O)(O)OC[C@@H](O)CO. The smallest absolute Gasteiger partial charge is 0.462 e. The zero-order valence-corrected chi connectivity index (χ0v) is 34.2. The lowest BCUT2D eigenvalue weighted by molar-refractivity contribution is -0.161. The highest BCUT2D eigenvalue weighted by molar-refractivity contribution is 7.47. The maximum Gasteiger partial charge on any atom is 0.472 e. The van der Waals surface area contributed by atoms with Crippen molar-refractivity contribution in [1.82, 2.24) is 0 Å². The number of aliphatic hydroxyl groups is 4. The number of phosphoric ester groups is 1. The molecule has 0 heterocycles. The molecule has 0 aliphatic rings. The van der Waals surface area contributed by atoms with E-state index in [2.05, 4.69) is 25.3 Å². The van der Waals surface area contributed by atoms with E-state index in [0.29, 0.717) is 19.3 Å². The first kappa shape index (κ1) is 51.9. The number of rotatable bonds is 36. The minimum atomic E-state index is -4.68. The van der Waals surface area contributed by atoms with Gasteiger partial charge in [-0.1, -0.05) is 146 Å². The van der Waals surface area contributed by atoms with Gasteiger partial charge in [-0.15, -0.1) is 0 Å². The molecule has 0 aromatic carbocycles. The molecule has 0 saturated carbocycles. The van der Waals surface area contributed by atoms with Crippen molar-refractivity contribution in [1.29, 1.82) is 0 Å². The van der Waals surface area contributed by atoms with Crippen LogP contribution in [0.2, 0.25) is 0 Å². The molecular formula is C41H73O12P. The molecule has 0 aliphatic carbocycles. The number of hydrogen-bond donors (Lipinski definition) is 5. The summed E-state index contributed by atoms with van der Waals surface area (Å²) in [5, 5.41) is 38.4. The Balaban J connectivity index is 4.62. The lowest BCUT2D eigenvalue weighted by Gasteiger charge is -2.20. The summed E-state index contributed by atoms with van der Waals surface area (Å²) in [5.74, 6) is -0.362. The maximum absolute atomic E-state index is 12.6. The van der Waals surface area contributed by atoms with Crippen LogP contribution in [0.25, 0.3) is 0 Å². The van der Waals surface area contributed by atoms with Crippen molar-refractivity contribution in [3.8, 4) is 0 Å². The topological polar surface area (TPSA) is 189 Å². The van der Waals surface area contributed by atoms with Gasteiger partial charge in [0.1, 0.15) is 12.7 Å². The Kier molecular flexibility index (Phi) is 33.9. The second-order valence-electron chi connectivity index (χ2n) is 14.0. The fourth-order valence-electron chi connectivity index (χ4n) is 5.12. The van der Waals surface area contributed by atoms with Gasteiger partial charge in [0.15, 0.2) is 6.10 Å². The van der Waals surface area contributed by atoms with Crippen molar-refractivity contribution in [3.63, 3.8) is 0 Å². The van der Waals surface area contributed by atoms with E-state index in [9.17, 15) is 34.4 Å². The second kappa shape index (κ2) is 35.3. The van der Waals surface area contributed by atoms with Crippen LogP contribution in [0.1, 0.15) is 143 Å². The molecule has 0 amide bonds. The highest BCUT2D eigenvalue weighted by Gasteiger charge is 2.27. The zero-order chi connectivity index (χ0) is 40.3. The Morgan fingerprint density at radius 3 is 1.80 bits per heavy atom. The van der Waals surface area contributed by atoms with Gasteiger partial charge in [0, 0.05) is 12.8 Å². The number of phosphoric acid groups is 1. The average Bonchev–Trinajstić information content (AvgIpc) is 3.14. The monoisotopic (exact) mass is 788 g/mol. The fraction of sp³-hybridized carbons (Fsp3) is 0.756. The van der Waals surface area contributed by atoms with E-state index < -0.39 is 70.6 Å². The Morgan fingerprint density at radius 2 is 1.20 bits per heavy atom. The Labute approximate surface area is 325 Å². The third-order valence-corrected chi connectivity index (χ3v) is 9.69. The molecule has 0 radical (unpaired) electrons. The first-order valence-electron chi connectivity index (χ1n) is 20.2. The quantitative estimate of drug-likeness (QED) is 0.0179. The van der Waals surface area contributed by atoms with E-state index in [0.717, 1.165) is 50.9 Å². The van der Waals surface area contributed by atoms with E-state index in [-0.39, 0.29) is 19.3 Å². The summed E-state index contributed by atoms with van der Waals surface area (Å²) in [7, 11) is -4.68. The molecule has 0 bridgehead atoms. The number of aliphatic hydroxyl groups excluding tert-OH is 4. The number of hydrogen-bond acceptors (Lipinski definition) is 11. The molecule has 2 unspecified atom stereocenters. The van der Waals surface area contributed by atoms with E-state index in [1.54, 1.807) is 18.2 Å². The highest BCUT2D eigenvalue weighted by atomic mass is 31.2. The van der Waals surface area contributed by atoms with Crippen LogP contribution in [0.5, 0.6) is 0 Å². The van der Waals surface area contributed by atoms with E-state index in [1.165, 1.54) is 38.5 Å². The lowest BCUT2D eigenvalue weighted by atomic mass is 9.99. The van der Waals surface area contributed by atoms with Crippen LogP contribution in [-0.2, 0) is 32.7 Å². The molecule has 6 atom stereocenters. The van der Waals surface area contributed by atoms with Crippen molar-refractivity contribution in [2.24, 2.45) is 5.92 Å². The Morgan fingerprint density at radius 1 is 0.667 bits per heavy atom. The summed E-state index contributed by atoms with van der Waals surface area (Å²) in [6.07, 6.45) is 27.3. The van der Waals surface area contributed by atoms with E-state index in [4.69, 9.17) is 19.1 Å². The third-order valence-electron chi connectivity index (χ3n) is 8.73. The summed E-state index contributed by atoms with van der Waals surface area (Å²) in [4.78, 5) is 34.9. The number of unbranched alkanes of at least 4 members (excludes halogenated alkanes) is 9. The van der Waals surface area contributed by atoms with Crippen LogP contribution in [0, 0.1) is 5.92 Å². The van der Waals surface area contributed by atoms with Crippen molar-refractivity contribution in [2.75, 3.05) is 26.4 Å². The number of allylic oxidation sites excluding steroid dienone is 6. The summed E-state index contributed by atoms with van der Waals surface area (Å²) >= 11 is 0. The van der Waals surface area contributed by atoms with Gasteiger partial charge in [-0.2, -0.15) is 0 Å². The molecule has 0 rings (SSSR count). The predicted octanol–water partition coefficient (Wildman–Crippen LogP) is 7.96. The van der Waals surface area contributed by atoms with E-state index in [1.807, 2.05) is 30.4 Å². The Bertz CT molecular complexity index is 1090. The van der Waals surface area contributed by atoms with Crippen LogP contribution < -0.4 is 0 Å². The first-order valence-corrected chi connectivity index (χ1v) is 21.7. The van der Waals surface area contributed by atoms with Gasteiger partial charge in [-0.25, -0.2) is 4.57 Å². The largest absolute Gasteiger partial charge is 0.472 e. The molecule has 0 aromatic rings. The number of ether oxygens (including phenoxy) is 2. The first-order chi connectivity index (χ1) is 25.9. The molecule has 0 aromatic heterocycles. The summed E-state index contributed by atoms with van der Waals surface area (Å²) in [6.45, 7) is 4.29. The fourth-order valence-corrected chi connectivity index (χ4v) is 5.91. The van der Waals surface area contributed by atoms with Crippen LogP contribution >= 0.6 is 7.82 Å². The standard InChI is InChI=1S/C41H73O12P/c1-4-6-18-25-36(43)26-20-15-11-9-12-16-21-27-37(44)28-23-30-41(47)53-39(34-52-54(48,49)51-32-38(45)31-42)33-50-40(46)29-22-17-13-8-7-10-14-19-24-35(3)5-2/h11-12,15-16,20-21,26-27,35-39,42-45H,4-10,13-14,17-19,22-25,28-34H2,1-3H3,(H,48,49)/b15-11-,16-12-,26-20+,27-21+/t35?,36-,37-,38+,39-/m1/s1. The van der Waals surface area contributed by atoms with Crippen LogP contribution in [0.3, 0.4) is 0 Å². The molecule has 12 nitrogen and oxygen atoms in total. The van der Waals surface area contributed by atoms with Crippen molar-refractivity contribution >= 4 is 19.8 Å². The second-order valence-corrected chi connectivity index (χ2v) is 15.4. The van der Waals surface area contributed by atoms with Crippen molar-refractivity contribution in [3.05, 3.63) is 48.6 Å². The van der Waals surface area contributed by atoms with Gasteiger partial charge < -0.3 is 34.8 Å². The number of esters is 2. The van der Waals surface area contributed by atoms with Gasteiger partial charge >= 0.3 is 19.8 Å². The minimum absolute atomic E-state index is 0.0648. The van der Waals surface area contributed by atoms with Gasteiger partial charge in [0.2, 0.25) is 0 Å². The summed E-state index contributed by atoms with van der Waals surface area (Å²) in [6, 6.07) is 0. The predicted molar refractivity (Wildman–Crippen MR) is 212 cm³/mol. The number of carbonyl (C=O) groups excluding carboxylic acids is 2. The highest BCUT2D eigenvalue weighted by Crippen LogP contribution is 2.43. The van der Waals surface area contributed by atoms with Gasteiger partial charge in [-0.05, 0) is 38.0 Å². The molecule has 5 N–H and O–H groups in total. The molecule has 314 valence electrons. The Hall–Kier alpha value is -2.15. The van der Waals surface area contributed by atoms with Gasteiger partial charge in [0.05, 0.1) is 32.0 Å². The average molecular weight is 789 g/mol. The minimum Gasteiger partial charge on any atom is -0.462 e. The normalized spacial score (nSPS) is 16.2. The zero-order valence-electron chi connectivity index (χ0n) is 33.3. The molecule has 0 saturated heterocycles. The van der Waals surface area contributed by atoms with Crippen LogP contribution in [-0.4, -0.2) is 88.1 Å². The van der Waals surface area contributed by atoms with Crippen molar-refractivity contribution < 1.29 is 58.0 Å². The molecule has 0 fully saturated rings. The van der Waals surface area contributed by atoms with E-state index >= 15 is 0 Å². The van der Waals surface area contributed by atoms with Crippen molar-refractivity contribution in [2.45, 2.75) is 167 Å². The van der Waals surface area contributed by atoms with Gasteiger partial charge in [0.25, 0.3) is 0 Å². The van der Waals surface area contributed by atoms with Gasteiger partial charge in [-0.3, -0.25) is 18.6 Å².